The second-order valence-corrected chi connectivity index (χ2v) is 8.95. The molecule has 35 heavy (non-hydrogen) atoms. The van der Waals surface area contributed by atoms with Gasteiger partial charge in [0, 0.05) is 18.9 Å². The summed E-state index contributed by atoms with van der Waals surface area (Å²) in [6.07, 6.45) is 1.55. The first kappa shape index (κ1) is 23.8. The monoisotopic (exact) mass is 486 g/mol. The Labute approximate surface area is 205 Å². The summed E-state index contributed by atoms with van der Waals surface area (Å²) in [6.45, 7) is 7.24. The summed E-state index contributed by atoms with van der Waals surface area (Å²) >= 11 is 1.17. The zero-order valence-corrected chi connectivity index (χ0v) is 20.6. The molecule has 4 aromatic rings. The summed E-state index contributed by atoms with van der Waals surface area (Å²) in [5, 5.41) is 16.8. The van der Waals surface area contributed by atoms with Gasteiger partial charge in [-0.25, -0.2) is 14.6 Å². The Kier molecular flexibility index (Phi) is 6.44. The van der Waals surface area contributed by atoms with Crippen molar-refractivity contribution in [2.45, 2.75) is 27.7 Å². The predicted molar refractivity (Wildman–Crippen MR) is 133 cm³/mol. The molecule has 0 aliphatic carbocycles. The van der Waals surface area contributed by atoms with Gasteiger partial charge in [0.25, 0.3) is 11.5 Å². The van der Waals surface area contributed by atoms with Crippen molar-refractivity contribution in [1.29, 1.82) is 5.26 Å². The maximum Gasteiger partial charge on any atom is 0.277 e. The van der Waals surface area contributed by atoms with Crippen molar-refractivity contribution in [3.05, 3.63) is 79.8 Å². The van der Waals surface area contributed by atoms with Crippen molar-refractivity contribution in [1.82, 2.24) is 19.7 Å². The van der Waals surface area contributed by atoms with Crippen molar-refractivity contribution >= 4 is 22.9 Å². The molecule has 1 aromatic carbocycles. The largest absolute Gasteiger partial charge is 0.438 e. The molecular weight excluding hydrogens is 464 g/mol. The molecule has 0 fully saturated rings. The Bertz CT molecular complexity index is 1560. The highest BCUT2D eigenvalue weighted by molar-refractivity contribution is 7.17. The van der Waals surface area contributed by atoms with Crippen LogP contribution in [0.1, 0.15) is 37.7 Å². The third-order valence-corrected chi connectivity index (χ3v) is 6.67. The topological polar surface area (TPSA) is 123 Å². The second-order valence-electron chi connectivity index (χ2n) is 7.95. The van der Waals surface area contributed by atoms with E-state index in [0.717, 1.165) is 16.8 Å². The molecule has 0 aliphatic rings. The van der Waals surface area contributed by atoms with Crippen LogP contribution in [0.15, 0.2) is 41.3 Å². The number of thiazole rings is 1. The molecular formula is C25H22N6O3S. The average Bonchev–Trinajstić information content (AvgIpc) is 3.21. The Morgan fingerprint density at radius 1 is 1.17 bits per heavy atom. The number of carbonyl (C=O) groups is 1. The van der Waals surface area contributed by atoms with E-state index in [9.17, 15) is 14.9 Å². The molecule has 3 aromatic heterocycles. The van der Waals surface area contributed by atoms with E-state index in [0.29, 0.717) is 38.1 Å². The van der Waals surface area contributed by atoms with E-state index in [4.69, 9.17) is 4.74 Å². The fourth-order valence-electron chi connectivity index (χ4n) is 3.50. The van der Waals surface area contributed by atoms with Gasteiger partial charge in [-0.05, 0) is 69.2 Å². The van der Waals surface area contributed by atoms with Crippen molar-refractivity contribution in [2.24, 2.45) is 7.05 Å². The predicted octanol–water partition coefficient (Wildman–Crippen LogP) is 4.45. The minimum atomic E-state index is -0.320. The molecule has 0 atom stereocenters. The van der Waals surface area contributed by atoms with Gasteiger partial charge in [0.15, 0.2) is 0 Å². The molecule has 0 unspecified atom stereocenters. The number of aromatic nitrogens is 4. The van der Waals surface area contributed by atoms with Gasteiger partial charge in [-0.15, -0.1) is 11.3 Å². The third-order valence-electron chi connectivity index (χ3n) is 5.49. The van der Waals surface area contributed by atoms with Crippen LogP contribution >= 0.6 is 11.3 Å². The van der Waals surface area contributed by atoms with E-state index in [-0.39, 0.29) is 17.3 Å². The molecule has 1 N–H and O–H groups in total. The van der Waals surface area contributed by atoms with E-state index in [1.165, 1.54) is 16.0 Å². The van der Waals surface area contributed by atoms with Gasteiger partial charge in [0.1, 0.15) is 27.3 Å². The van der Waals surface area contributed by atoms with Gasteiger partial charge in [0.2, 0.25) is 5.88 Å². The molecule has 10 heteroatoms. The Morgan fingerprint density at radius 3 is 2.66 bits per heavy atom. The summed E-state index contributed by atoms with van der Waals surface area (Å²) in [4.78, 5) is 34.8. The standard InChI is InChI=1S/C25H22N6O3S/c1-13-11-18(34-23-17(12-26)7-6-10-27-23)8-9-19(13)29-22(32)21-16(4)28-24(35-21)20-14(2)15(3)30-31(5)25(20)33/h6-11H,1-5H3,(H,29,32). The molecule has 0 spiro atoms. The molecule has 0 bridgehead atoms. The molecule has 3 heterocycles. The van der Waals surface area contributed by atoms with Gasteiger partial charge in [-0.3, -0.25) is 9.59 Å². The number of nitriles is 1. The van der Waals surface area contributed by atoms with Crippen molar-refractivity contribution in [3.8, 4) is 28.3 Å². The first-order chi connectivity index (χ1) is 16.7. The highest BCUT2D eigenvalue weighted by atomic mass is 32.1. The second kappa shape index (κ2) is 9.48. The molecule has 0 saturated heterocycles. The summed E-state index contributed by atoms with van der Waals surface area (Å²) in [5.41, 5.74) is 3.90. The normalized spacial score (nSPS) is 10.6. The van der Waals surface area contributed by atoms with E-state index in [2.05, 4.69) is 20.4 Å². The lowest BCUT2D eigenvalue weighted by Gasteiger charge is -2.11. The summed E-state index contributed by atoms with van der Waals surface area (Å²) in [5.74, 6) is 0.387. The van der Waals surface area contributed by atoms with Crippen LogP contribution in [0, 0.1) is 39.0 Å². The Hall–Kier alpha value is -4.36. The van der Waals surface area contributed by atoms with Crippen LogP contribution in [-0.2, 0) is 7.05 Å². The van der Waals surface area contributed by atoms with Crippen molar-refractivity contribution in [2.75, 3.05) is 5.32 Å². The van der Waals surface area contributed by atoms with Crippen LogP contribution in [0.2, 0.25) is 0 Å². The van der Waals surface area contributed by atoms with Gasteiger partial charge in [-0.1, -0.05) is 0 Å². The zero-order chi connectivity index (χ0) is 25.3. The number of amides is 1. The lowest BCUT2D eigenvalue weighted by Crippen LogP contribution is -2.23. The molecule has 9 nitrogen and oxygen atoms in total. The van der Waals surface area contributed by atoms with Crippen LogP contribution in [0.3, 0.4) is 0 Å². The molecule has 1 amide bonds. The number of ether oxygens (including phenoxy) is 1. The van der Waals surface area contributed by atoms with E-state index >= 15 is 0 Å². The highest BCUT2D eigenvalue weighted by Crippen LogP contribution is 2.31. The van der Waals surface area contributed by atoms with Crippen molar-refractivity contribution in [3.63, 3.8) is 0 Å². The Balaban J connectivity index is 1.58. The quantitative estimate of drug-likeness (QED) is 0.442. The van der Waals surface area contributed by atoms with Gasteiger partial charge >= 0.3 is 0 Å². The molecule has 0 saturated carbocycles. The molecule has 0 radical (unpaired) electrons. The number of carbonyl (C=O) groups excluding carboxylic acids is 1. The van der Waals surface area contributed by atoms with Crippen LogP contribution in [0.5, 0.6) is 11.6 Å². The maximum atomic E-state index is 13.1. The lowest BCUT2D eigenvalue weighted by molar-refractivity contribution is 0.102. The SMILES string of the molecule is Cc1cc(Oc2ncccc2C#N)ccc1NC(=O)c1sc(-c2c(C)c(C)nn(C)c2=O)nc1C. The fourth-order valence-corrected chi connectivity index (χ4v) is 4.56. The summed E-state index contributed by atoms with van der Waals surface area (Å²) < 4.78 is 7.03. The minimum absolute atomic E-state index is 0.215. The van der Waals surface area contributed by atoms with E-state index in [1.807, 2.05) is 26.8 Å². The number of rotatable bonds is 5. The van der Waals surface area contributed by atoms with Crippen LogP contribution in [0.25, 0.3) is 10.6 Å². The number of benzene rings is 1. The minimum Gasteiger partial charge on any atom is -0.438 e. The van der Waals surface area contributed by atoms with Crippen molar-refractivity contribution < 1.29 is 9.53 Å². The summed E-state index contributed by atoms with van der Waals surface area (Å²) in [6, 6.07) is 10.5. The first-order valence-corrected chi connectivity index (χ1v) is 11.5. The fraction of sp³-hybridized carbons (Fsp3) is 0.200. The first-order valence-electron chi connectivity index (χ1n) is 10.7. The number of hydrogen-bond donors (Lipinski definition) is 1. The number of aryl methyl sites for hydroxylation is 4. The van der Waals surface area contributed by atoms with E-state index < -0.39 is 0 Å². The molecule has 4 rings (SSSR count). The number of nitrogens with one attached hydrogen (secondary N) is 1. The summed E-state index contributed by atoms with van der Waals surface area (Å²) in [7, 11) is 1.59. The third kappa shape index (κ3) is 4.67. The number of hydrogen-bond acceptors (Lipinski definition) is 8. The number of pyridine rings is 1. The zero-order valence-electron chi connectivity index (χ0n) is 19.8. The average molecular weight is 487 g/mol. The Morgan fingerprint density at radius 2 is 1.94 bits per heavy atom. The molecule has 176 valence electrons. The smallest absolute Gasteiger partial charge is 0.277 e. The number of nitrogens with zero attached hydrogens (tertiary/aromatic N) is 5. The van der Waals surface area contributed by atoms with Crippen LogP contribution in [-0.4, -0.2) is 25.7 Å². The van der Waals surface area contributed by atoms with Gasteiger partial charge in [-0.2, -0.15) is 10.4 Å². The van der Waals surface area contributed by atoms with Gasteiger partial charge < -0.3 is 10.1 Å². The van der Waals surface area contributed by atoms with Crippen LogP contribution < -0.4 is 15.6 Å². The number of anilines is 1. The van der Waals surface area contributed by atoms with Gasteiger partial charge in [0.05, 0.1) is 17.0 Å². The molecule has 0 aliphatic heterocycles. The van der Waals surface area contributed by atoms with E-state index in [1.54, 1.807) is 50.5 Å². The lowest BCUT2D eigenvalue weighted by atomic mass is 10.1. The van der Waals surface area contributed by atoms with Crippen LogP contribution in [0.4, 0.5) is 5.69 Å². The highest BCUT2D eigenvalue weighted by Gasteiger charge is 2.21. The maximum absolute atomic E-state index is 13.1.